The zero-order valence-electron chi connectivity index (χ0n) is 20.9. The van der Waals surface area contributed by atoms with Gasteiger partial charge in [0.25, 0.3) is 11.6 Å². The molecule has 4 amide bonds. The van der Waals surface area contributed by atoms with Crippen LogP contribution < -0.4 is 27.8 Å². The lowest BCUT2D eigenvalue weighted by atomic mass is 10.1. The molecule has 8 N–H and O–H groups in total. The molecule has 0 aliphatic rings. The molecule has 39 heavy (non-hydrogen) atoms. The molecule has 0 spiro atoms. The van der Waals surface area contributed by atoms with Crippen molar-refractivity contribution in [1.82, 2.24) is 10.2 Å². The van der Waals surface area contributed by atoms with Gasteiger partial charge in [0, 0.05) is 24.4 Å². The van der Waals surface area contributed by atoms with Crippen LogP contribution in [0.4, 0.5) is 16.2 Å². The molecule has 15 heteroatoms. The third-order valence-electron chi connectivity index (χ3n) is 5.18. The highest BCUT2D eigenvalue weighted by molar-refractivity contribution is 6.03. The molecular formula is C24H30N8O7. The molecule has 0 aliphatic heterocycles. The fourth-order valence-corrected chi connectivity index (χ4v) is 3.29. The Bertz CT molecular complexity index is 1180. The molecule has 0 radical (unpaired) electrons. The van der Waals surface area contributed by atoms with Crippen molar-refractivity contribution in [3.05, 3.63) is 70.3 Å². The minimum Gasteiger partial charge on any atom is -0.444 e. The van der Waals surface area contributed by atoms with E-state index in [1.807, 2.05) is 0 Å². The van der Waals surface area contributed by atoms with Crippen LogP contribution in [0, 0.1) is 10.1 Å². The Hall–Kier alpha value is -5.05. The summed E-state index contributed by atoms with van der Waals surface area (Å²) in [7, 11) is 0. The largest absolute Gasteiger partial charge is 0.444 e. The van der Waals surface area contributed by atoms with E-state index in [1.165, 1.54) is 24.3 Å². The van der Waals surface area contributed by atoms with E-state index in [0.29, 0.717) is 10.5 Å². The Balaban J connectivity index is 2.33. The van der Waals surface area contributed by atoms with Gasteiger partial charge in [-0.2, -0.15) is 0 Å². The number of amides is 4. The molecule has 0 saturated carbocycles. The number of nitrogens with zero attached hydrogens (tertiary/aromatic N) is 3. The van der Waals surface area contributed by atoms with Crippen molar-refractivity contribution in [3.63, 3.8) is 0 Å². The monoisotopic (exact) mass is 542 g/mol. The van der Waals surface area contributed by atoms with Gasteiger partial charge in [0.2, 0.25) is 11.8 Å². The standard InChI is InChI=1S/C24H30N8O7/c25-13-20(33)29-14-21(34)31(24(36)39-15-16-5-2-1-3-6-16)19(7-4-12-28-23(26)27)22(35)30-17-8-10-18(11-9-17)32(37)38/h1-3,5-6,8-11,19H,4,7,12-15,25H2,(H,29,33)(H,30,35)(H4,26,27,28)/t19-/m0/s1. The Morgan fingerprint density at radius 1 is 1.05 bits per heavy atom. The molecule has 0 heterocycles. The van der Waals surface area contributed by atoms with Crippen molar-refractivity contribution in [2.75, 3.05) is 25.0 Å². The molecule has 15 nitrogen and oxygen atoms in total. The number of guanidine groups is 1. The van der Waals surface area contributed by atoms with Gasteiger partial charge in [0.15, 0.2) is 5.96 Å². The summed E-state index contributed by atoms with van der Waals surface area (Å²) >= 11 is 0. The number of imide groups is 1. The van der Waals surface area contributed by atoms with Crippen LogP contribution in [-0.2, 0) is 25.7 Å². The summed E-state index contributed by atoms with van der Waals surface area (Å²) in [6.07, 6.45) is -1.02. The second-order valence-corrected chi connectivity index (χ2v) is 8.04. The number of benzene rings is 2. The van der Waals surface area contributed by atoms with Crippen molar-refractivity contribution in [3.8, 4) is 0 Å². The molecule has 2 aromatic rings. The van der Waals surface area contributed by atoms with Gasteiger partial charge in [-0.1, -0.05) is 30.3 Å². The number of anilines is 1. The molecule has 2 rings (SSSR count). The van der Waals surface area contributed by atoms with Gasteiger partial charge in [0.05, 0.1) is 18.0 Å². The van der Waals surface area contributed by atoms with Crippen LogP contribution in [0.2, 0.25) is 0 Å². The predicted octanol–water partition coefficient (Wildman–Crippen LogP) is 0.196. The summed E-state index contributed by atoms with van der Waals surface area (Å²) in [5, 5.41) is 15.7. The number of nitro groups is 1. The summed E-state index contributed by atoms with van der Waals surface area (Å²) in [6, 6.07) is 12.2. The third kappa shape index (κ3) is 10.1. The number of hydrogen-bond donors (Lipinski definition) is 5. The molecule has 0 fully saturated rings. The van der Waals surface area contributed by atoms with Crippen LogP contribution in [0.1, 0.15) is 18.4 Å². The number of nitro benzene ring substituents is 1. The molecule has 0 bridgehead atoms. The summed E-state index contributed by atoms with van der Waals surface area (Å²) in [5.41, 5.74) is 16.6. The lowest BCUT2D eigenvalue weighted by Crippen LogP contribution is -2.53. The summed E-state index contributed by atoms with van der Waals surface area (Å²) in [5.74, 6) is -2.55. The summed E-state index contributed by atoms with van der Waals surface area (Å²) in [6.45, 7) is -1.13. The van der Waals surface area contributed by atoms with Gasteiger partial charge in [-0.25, -0.2) is 9.69 Å². The number of nitrogens with one attached hydrogen (secondary N) is 2. The normalized spacial score (nSPS) is 11.0. The Morgan fingerprint density at radius 2 is 1.72 bits per heavy atom. The van der Waals surface area contributed by atoms with Gasteiger partial charge in [-0.05, 0) is 30.5 Å². The number of carbonyl (C=O) groups excluding carboxylic acids is 4. The van der Waals surface area contributed by atoms with E-state index in [0.717, 1.165) is 0 Å². The average Bonchev–Trinajstić information content (AvgIpc) is 2.92. The van der Waals surface area contributed by atoms with E-state index < -0.39 is 47.9 Å². The highest BCUT2D eigenvalue weighted by Crippen LogP contribution is 2.18. The Labute approximate surface area is 223 Å². The first-order valence-electron chi connectivity index (χ1n) is 11.7. The molecule has 0 aromatic heterocycles. The van der Waals surface area contributed by atoms with E-state index in [9.17, 15) is 29.3 Å². The second-order valence-electron chi connectivity index (χ2n) is 8.04. The third-order valence-corrected chi connectivity index (χ3v) is 5.18. The number of aliphatic imine (C=N–C) groups is 1. The molecule has 0 aliphatic carbocycles. The number of rotatable bonds is 13. The molecule has 0 saturated heterocycles. The molecule has 208 valence electrons. The second kappa shape index (κ2) is 15.3. The lowest BCUT2D eigenvalue weighted by Gasteiger charge is -2.29. The minimum atomic E-state index is -1.42. The van der Waals surface area contributed by atoms with Gasteiger partial charge in [-0.15, -0.1) is 0 Å². The van der Waals surface area contributed by atoms with Gasteiger partial charge >= 0.3 is 6.09 Å². The van der Waals surface area contributed by atoms with Crippen LogP contribution in [0.5, 0.6) is 0 Å². The fraction of sp³-hybridized carbons (Fsp3) is 0.292. The number of hydrogen-bond acceptors (Lipinski definition) is 9. The SMILES string of the molecule is NCC(=O)NCC(=O)N(C(=O)OCc1ccccc1)[C@@H](CCCN=C(N)N)C(=O)Nc1ccc([N+](=O)[O-])cc1. The van der Waals surface area contributed by atoms with Crippen LogP contribution >= 0.6 is 0 Å². The summed E-state index contributed by atoms with van der Waals surface area (Å²) < 4.78 is 5.32. The smallest absolute Gasteiger partial charge is 0.417 e. The zero-order chi connectivity index (χ0) is 28.8. The number of nitrogens with two attached hydrogens (primary N) is 3. The first kappa shape index (κ1) is 30.2. The maximum absolute atomic E-state index is 13.3. The highest BCUT2D eigenvalue weighted by atomic mass is 16.6. The number of carbonyl (C=O) groups is 4. The van der Waals surface area contributed by atoms with Crippen molar-refractivity contribution in [2.45, 2.75) is 25.5 Å². The minimum absolute atomic E-state index is 0.0768. The van der Waals surface area contributed by atoms with Gasteiger partial charge in [-0.3, -0.25) is 29.5 Å². The number of ether oxygens (including phenoxy) is 1. The molecule has 1 atom stereocenters. The first-order chi connectivity index (χ1) is 18.6. The molecular weight excluding hydrogens is 512 g/mol. The van der Waals surface area contributed by atoms with Crippen molar-refractivity contribution in [2.24, 2.45) is 22.2 Å². The number of non-ortho nitro benzene ring substituents is 1. The van der Waals surface area contributed by atoms with Crippen molar-refractivity contribution < 1.29 is 28.8 Å². The van der Waals surface area contributed by atoms with E-state index in [2.05, 4.69) is 15.6 Å². The Morgan fingerprint density at radius 3 is 2.31 bits per heavy atom. The van der Waals surface area contributed by atoms with Gasteiger partial charge in [0.1, 0.15) is 12.6 Å². The van der Waals surface area contributed by atoms with E-state index in [1.54, 1.807) is 30.3 Å². The maximum Gasteiger partial charge on any atom is 0.417 e. The van der Waals surface area contributed by atoms with Crippen LogP contribution in [-0.4, -0.2) is 65.3 Å². The van der Waals surface area contributed by atoms with Crippen LogP contribution in [0.25, 0.3) is 0 Å². The van der Waals surface area contributed by atoms with Crippen LogP contribution in [0.15, 0.2) is 59.6 Å². The van der Waals surface area contributed by atoms with Crippen molar-refractivity contribution >= 4 is 41.1 Å². The van der Waals surface area contributed by atoms with Crippen molar-refractivity contribution in [1.29, 1.82) is 0 Å². The predicted molar refractivity (Wildman–Crippen MR) is 141 cm³/mol. The fourth-order valence-electron chi connectivity index (χ4n) is 3.29. The van der Waals surface area contributed by atoms with Gasteiger partial charge < -0.3 is 32.6 Å². The molecule has 0 unspecified atom stereocenters. The maximum atomic E-state index is 13.3. The first-order valence-corrected chi connectivity index (χ1v) is 11.7. The zero-order valence-corrected chi connectivity index (χ0v) is 20.9. The quantitative estimate of drug-likeness (QED) is 0.0757. The average molecular weight is 543 g/mol. The molecule has 2 aromatic carbocycles. The van der Waals surface area contributed by atoms with Crippen LogP contribution in [0.3, 0.4) is 0 Å². The van der Waals surface area contributed by atoms with E-state index in [4.69, 9.17) is 21.9 Å². The lowest BCUT2D eigenvalue weighted by molar-refractivity contribution is -0.384. The van der Waals surface area contributed by atoms with E-state index in [-0.39, 0.29) is 43.3 Å². The van der Waals surface area contributed by atoms with E-state index >= 15 is 0 Å². The topological polar surface area (TPSA) is 238 Å². The highest BCUT2D eigenvalue weighted by Gasteiger charge is 2.36. The summed E-state index contributed by atoms with van der Waals surface area (Å²) in [4.78, 5) is 66.0. The Kier molecular flexibility index (Phi) is 11.8.